The highest BCUT2D eigenvalue weighted by molar-refractivity contribution is 5.73. The van der Waals surface area contributed by atoms with Crippen LogP contribution in [0.2, 0.25) is 0 Å². The van der Waals surface area contributed by atoms with Crippen molar-refractivity contribution in [3.05, 3.63) is 0 Å². The van der Waals surface area contributed by atoms with E-state index in [-0.39, 0.29) is 17.5 Å². The lowest BCUT2D eigenvalue weighted by molar-refractivity contribution is -0.159. The van der Waals surface area contributed by atoms with Gasteiger partial charge in [0.15, 0.2) is 0 Å². The first-order valence-corrected chi connectivity index (χ1v) is 4.61. The van der Waals surface area contributed by atoms with Gasteiger partial charge in [-0.05, 0) is 27.2 Å². The Morgan fingerprint density at radius 3 is 2.54 bits per heavy atom. The molecule has 0 saturated carbocycles. The van der Waals surface area contributed by atoms with Crippen LogP contribution in [0.25, 0.3) is 0 Å². The molecule has 1 aliphatic rings. The number of ether oxygens (including phenoxy) is 1. The normalized spacial score (nSPS) is 24.8. The van der Waals surface area contributed by atoms with Crippen LogP contribution < -0.4 is 5.84 Å². The molecule has 1 saturated heterocycles. The maximum Gasteiger partial charge on any atom is 0.310 e. The Hall–Kier alpha value is -0.610. The molecule has 1 fully saturated rings. The highest BCUT2D eigenvalue weighted by Gasteiger charge is 2.30. The standard InChI is InChI=1S/C9H18N2O2/c1-9(2,3)13-8(12)7-4-5-11(10)6-7/h7H,4-6,10H2,1-3H3/t7-/m0/s1. The maximum atomic E-state index is 11.5. The van der Waals surface area contributed by atoms with Gasteiger partial charge in [-0.2, -0.15) is 0 Å². The van der Waals surface area contributed by atoms with Crippen molar-refractivity contribution in [1.82, 2.24) is 5.01 Å². The van der Waals surface area contributed by atoms with Crippen LogP contribution in [0.3, 0.4) is 0 Å². The van der Waals surface area contributed by atoms with Gasteiger partial charge in [0.25, 0.3) is 0 Å². The lowest BCUT2D eigenvalue weighted by Gasteiger charge is -2.21. The van der Waals surface area contributed by atoms with Crippen molar-refractivity contribution in [2.45, 2.75) is 32.8 Å². The summed E-state index contributed by atoms with van der Waals surface area (Å²) in [4.78, 5) is 11.5. The highest BCUT2D eigenvalue weighted by Crippen LogP contribution is 2.18. The number of carbonyl (C=O) groups is 1. The van der Waals surface area contributed by atoms with Gasteiger partial charge >= 0.3 is 5.97 Å². The second-order valence-corrected chi connectivity index (χ2v) is 4.51. The zero-order valence-electron chi connectivity index (χ0n) is 8.54. The number of esters is 1. The molecule has 76 valence electrons. The lowest BCUT2D eigenvalue weighted by Crippen LogP contribution is -2.32. The third-order valence-electron chi connectivity index (χ3n) is 1.96. The van der Waals surface area contributed by atoms with Crippen LogP contribution in [0.4, 0.5) is 0 Å². The SMILES string of the molecule is CC(C)(C)OC(=O)[C@H]1CCN(N)C1. The summed E-state index contributed by atoms with van der Waals surface area (Å²) in [5, 5.41) is 1.66. The molecule has 13 heavy (non-hydrogen) atoms. The molecule has 0 bridgehead atoms. The summed E-state index contributed by atoms with van der Waals surface area (Å²) in [7, 11) is 0. The van der Waals surface area contributed by atoms with Gasteiger partial charge in [0.2, 0.25) is 0 Å². The predicted octanol–water partition coefficient (Wildman–Crippen LogP) is 0.524. The number of rotatable bonds is 1. The fraction of sp³-hybridized carbons (Fsp3) is 0.889. The van der Waals surface area contributed by atoms with Crippen LogP contribution in [-0.4, -0.2) is 29.7 Å². The zero-order valence-corrected chi connectivity index (χ0v) is 8.54. The summed E-state index contributed by atoms with van der Waals surface area (Å²) >= 11 is 0. The Kier molecular flexibility index (Phi) is 2.93. The maximum absolute atomic E-state index is 11.5. The number of hydrogen-bond donors (Lipinski definition) is 1. The van der Waals surface area contributed by atoms with E-state index in [0.29, 0.717) is 6.54 Å². The molecule has 0 aliphatic carbocycles. The second kappa shape index (κ2) is 3.64. The number of nitrogens with zero attached hydrogens (tertiary/aromatic N) is 1. The summed E-state index contributed by atoms with van der Waals surface area (Å²) in [5.41, 5.74) is -0.390. The molecule has 0 amide bonds. The summed E-state index contributed by atoms with van der Waals surface area (Å²) in [6.45, 7) is 7.03. The summed E-state index contributed by atoms with van der Waals surface area (Å²) in [6.07, 6.45) is 0.811. The number of hydrazine groups is 1. The average Bonchev–Trinajstić information content (AvgIpc) is 2.31. The fourth-order valence-electron chi connectivity index (χ4n) is 1.36. The Morgan fingerprint density at radius 1 is 1.54 bits per heavy atom. The molecule has 4 nitrogen and oxygen atoms in total. The topological polar surface area (TPSA) is 55.6 Å². The highest BCUT2D eigenvalue weighted by atomic mass is 16.6. The van der Waals surface area contributed by atoms with Gasteiger partial charge in [-0.25, -0.2) is 5.01 Å². The smallest absolute Gasteiger partial charge is 0.310 e. The predicted molar refractivity (Wildman–Crippen MR) is 49.7 cm³/mol. The molecule has 1 aliphatic heterocycles. The molecule has 1 heterocycles. The van der Waals surface area contributed by atoms with Crippen molar-refractivity contribution < 1.29 is 9.53 Å². The number of hydrogen-bond acceptors (Lipinski definition) is 4. The van der Waals surface area contributed by atoms with E-state index in [1.807, 2.05) is 20.8 Å². The van der Waals surface area contributed by atoms with Gasteiger partial charge in [-0.1, -0.05) is 0 Å². The van der Waals surface area contributed by atoms with Gasteiger partial charge in [0.05, 0.1) is 5.92 Å². The largest absolute Gasteiger partial charge is 0.460 e. The molecule has 0 spiro atoms. The minimum absolute atomic E-state index is 0.0378. The van der Waals surface area contributed by atoms with E-state index in [0.717, 1.165) is 13.0 Å². The van der Waals surface area contributed by atoms with Crippen molar-refractivity contribution in [3.8, 4) is 0 Å². The monoisotopic (exact) mass is 186 g/mol. The number of carbonyl (C=O) groups excluding carboxylic acids is 1. The molecule has 0 aromatic rings. The van der Waals surface area contributed by atoms with Gasteiger partial charge in [0, 0.05) is 13.1 Å². The van der Waals surface area contributed by atoms with E-state index in [2.05, 4.69) is 0 Å². The number of nitrogens with two attached hydrogens (primary N) is 1. The third-order valence-corrected chi connectivity index (χ3v) is 1.96. The Bertz CT molecular complexity index is 198. The van der Waals surface area contributed by atoms with Crippen LogP contribution >= 0.6 is 0 Å². The Labute approximate surface area is 79.0 Å². The van der Waals surface area contributed by atoms with Crippen molar-refractivity contribution in [2.24, 2.45) is 11.8 Å². The van der Waals surface area contributed by atoms with Gasteiger partial charge in [-0.3, -0.25) is 10.6 Å². The average molecular weight is 186 g/mol. The van der Waals surface area contributed by atoms with Crippen LogP contribution in [0.15, 0.2) is 0 Å². The first-order valence-electron chi connectivity index (χ1n) is 4.61. The molecule has 1 atom stereocenters. The third kappa shape index (κ3) is 3.32. The molecular weight excluding hydrogens is 168 g/mol. The molecule has 0 aromatic carbocycles. The van der Waals surface area contributed by atoms with Crippen molar-refractivity contribution in [1.29, 1.82) is 0 Å². The van der Waals surface area contributed by atoms with Crippen molar-refractivity contribution >= 4 is 5.97 Å². The van der Waals surface area contributed by atoms with E-state index >= 15 is 0 Å². The Morgan fingerprint density at radius 2 is 2.15 bits per heavy atom. The van der Waals surface area contributed by atoms with Gasteiger partial charge < -0.3 is 4.74 Å². The van der Waals surface area contributed by atoms with E-state index in [9.17, 15) is 4.79 Å². The van der Waals surface area contributed by atoms with E-state index in [4.69, 9.17) is 10.6 Å². The molecular formula is C9H18N2O2. The molecule has 0 aromatic heterocycles. The first-order chi connectivity index (χ1) is 5.88. The fourth-order valence-corrected chi connectivity index (χ4v) is 1.36. The van der Waals surface area contributed by atoms with E-state index in [1.165, 1.54) is 0 Å². The van der Waals surface area contributed by atoms with E-state index < -0.39 is 0 Å². The minimum Gasteiger partial charge on any atom is -0.460 e. The van der Waals surface area contributed by atoms with Crippen LogP contribution in [0, 0.1) is 5.92 Å². The van der Waals surface area contributed by atoms with Crippen molar-refractivity contribution in [3.63, 3.8) is 0 Å². The molecule has 1 rings (SSSR count). The summed E-state index contributed by atoms with van der Waals surface area (Å²) < 4.78 is 5.25. The zero-order chi connectivity index (χ0) is 10.1. The van der Waals surface area contributed by atoms with Crippen LogP contribution in [0.5, 0.6) is 0 Å². The van der Waals surface area contributed by atoms with E-state index in [1.54, 1.807) is 5.01 Å². The van der Waals surface area contributed by atoms with Crippen LogP contribution in [0.1, 0.15) is 27.2 Å². The Balaban J connectivity index is 2.41. The minimum atomic E-state index is -0.390. The molecule has 2 N–H and O–H groups in total. The lowest BCUT2D eigenvalue weighted by atomic mass is 10.1. The molecule has 4 heteroatoms. The second-order valence-electron chi connectivity index (χ2n) is 4.51. The first kappa shape index (κ1) is 10.5. The van der Waals surface area contributed by atoms with Gasteiger partial charge in [-0.15, -0.1) is 0 Å². The van der Waals surface area contributed by atoms with Crippen molar-refractivity contribution in [2.75, 3.05) is 13.1 Å². The molecule has 0 unspecified atom stereocenters. The van der Waals surface area contributed by atoms with Gasteiger partial charge in [0.1, 0.15) is 5.60 Å². The summed E-state index contributed by atoms with van der Waals surface area (Å²) in [6, 6.07) is 0. The molecule has 0 radical (unpaired) electrons. The van der Waals surface area contributed by atoms with Crippen LogP contribution in [-0.2, 0) is 9.53 Å². The summed E-state index contributed by atoms with van der Waals surface area (Å²) in [5.74, 6) is 5.39. The quantitative estimate of drug-likeness (QED) is 0.479.